The number of nitrogens with zero attached hydrogens (tertiary/aromatic N) is 2. The molecule has 0 saturated heterocycles. The first kappa shape index (κ1) is 13.7. The van der Waals surface area contributed by atoms with Crippen LogP contribution in [0.25, 0.3) is 0 Å². The summed E-state index contributed by atoms with van der Waals surface area (Å²) in [6.45, 7) is 0.382. The molecule has 0 unspecified atom stereocenters. The number of hydrogen-bond acceptors (Lipinski definition) is 5. The smallest absolute Gasteiger partial charge is 0.228 e. The number of methoxy groups -OCH3 is 2. The number of benzene rings is 1. The minimum Gasteiger partial charge on any atom is -0.496 e. The highest BCUT2D eigenvalue weighted by Crippen LogP contribution is 2.27. The Hall–Kier alpha value is -2.77. The molecular formula is C12H16N6O2. The van der Waals surface area contributed by atoms with Gasteiger partial charge in [0, 0.05) is 0 Å². The summed E-state index contributed by atoms with van der Waals surface area (Å²) < 4.78 is 10.6. The van der Waals surface area contributed by atoms with Crippen LogP contribution >= 0.6 is 0 Å². The van der Waals surface area contributed by atoms with Gasteiger partial charge in [-0.25, -0.2) is 0 Å². The standard InChI is InChI=1S/C12H16N6O2/c1-19-9-4-3-5-10(20-2)8(9)6-14-11(13)17-12-15-7-16-18-12/h3-5,7H,6H2,1-2H3,(H4,13,14,15,16,17,18). The lowest BCUT2D eigenvalue weighted by Gasteiger charge is -2.14. The van der Waals surface area contributed by atoms with E-state index < -0.39 is 0 Å². The van der Waals surface area contributed by atoms with Crippen LogP contribution in [0.15, 0.2) is 24.5 Å². The maximum absolute atomic E-state index is 7.78. The first-order valence-electron chi connectivity index (χ1n) is 5.90. The van der Waals surface area contributed by atoms with Gasteiger partial charge in [0.05, 0.1) is 26.3 Å². The van der Waals surface area contributed by atoms with Crippen molar-refractivity contribution in [2.75, 3.05) is 19.5 Å². The van der Waals surface area contributed by atoms with Crippen molar-refractivity contribution in [2.24, 2.45) is 0 Å². The Morgan fingerprint density at radius 3 is 2.55 bits per heavy atom. The molecule has 0 radical (unpaired) electrons. The normalized spacial score (nSPS) is 9.90. The number of aromatic nitrogens is 3. The molecule has 0 spiro atoms. The highest BCUT2D eigenvalue weighted by molar-refractivity contribution is 5.89. The first-order chi connectivity index (χ1) is 9.74. The van der Waals surface area contributed by atoms with Crippen molar-refractivity contribution in [1.29, 1.82) is 5.41 Å². The number of ether oxygens (including phenoxy) is 2. The lowest BCUT2D eigenvalue weighted by atomic mass is 10.1. The van der Waals surface area contributed by atoms with E-state index in [0.717, 1.165) is 5.56 Å². The molecule has 0 aliphatic carbocycles. The predicted octanol–water partition coefficient (Wildman–Crippen LogP) is 0.958. The van der Waals surface area contributed by atoms with Crippen molar-refractivity contribution in [3.05, 3.63) is 30.1 Å². The Morgan fingerprint density at radius 1 is 1.30 bits per heavy atom. The van der Waals surface area contributed by atoms with Gasteiger partial charge in [0.1, 0.15) is 17.8 Å². The van der Waals surface area contributed by atoms with Gasteiger partial charge in [-0.05, 0) is 12.1 Å². The Bertz CT molecular complexity index is 547. The monoisotopic (exact) mass is 276 g/mol. The molecule has 2 rings (SSSR count). The van der Waals surface area contributed by atoms with E-state index in [2.05, 4.69) is 25.8 Å². The molecule has 1 aromatic heterocycles. The number of hydrogen-bond donors (Lipinski definition) is 4. The van der Waals surface area contributed by atoms with Crippen LogP contribution in [0.1, 0.15) is 5.56 Å². The van der Waals surface area contributed by atoms with Gasteiger partial charge in [-0.1, -0.05) is 6.07 Å². The van der Waals surface area contributed by atoms with Crippen molar-refractivity contribution in [3.63, 3.8) is 0 Å². The second kappa shape index (κ2) is 6.41. The number of guanidine groups is 1. The van der Waals surface area contributed by atoms with Crippen LogP contribution in [0.3, 0.4) is 0 Å². The summed E-state index contributed by atoms with van der Waals surface area (Å²) in [5.74, 6) is 1.89. The predicted molar refractivity (Wildman–Crippen MR) is 74.1 cm³/mol. The van der Waals surface area contributed by atoms with Crippen LogP contribution in [0.4, 0.5) is 5.95 Å². The maximum atomic E-state index is 7.78. The summed E-state index contributed by atoms with van der Waals surface area (Å²) in [5, 5.41) is 20.8. The lowest BCUT2D eigenvalue weighted by Crippen LogP contribution is -2.29. The van der Waals surface area contributed by atoms with E-state index in [1.807, 2.05) is 18.2 Å². The summed E-state index contributed by atoms with van der Waals surface area (Å²) in [6.07, 6.45) is 1.43. The zero-order valence-corrected chi connectivity index (χ0v) is 11.2. The summed E-state index contributed by atoms with van der Waals surface area (Å²) in [7, 11) is 3.19. The summed E-state index contributed by atoms with van der Waals surface area (Å²) in [6, 6.07) is 5.53. The van der Waals surface area contributed by atoms with Gasteiger partial charge in [0.2, 0.25) is 5.95 Å². The van der Waals surface area contributed by atoms with Gasteiger partial charge in [0.25, 0.3) is 0 Å². The average Bonchev–Trinajstić information content (AvgIpc) is 2.97. The van der Waals surface area contributed by atoms with Gasteiger partial charge >= 0.3 is 0 Å². The van der Waals surface area contributed by atoms with Crippen molar-refractivity contribution in [1.82, 2.24) is 20.5 Å². The van der Waals surface area contributed by atoms with Crippen molar-refractivity contribution < 1.29 is 9.47 Å². The van der Waals surface area contributed by atoms with Crippen LogP contribution in [-0.2, 0) is 6.54 Å². The molecule has 0 atom stereocenters. The number of nitrogens with one attached hydrogen (secondary N) is 4. The zero-order chi connectivity index (χ0) is 14.4. The average molecular weight is 276 g/mol. The number of rotatable bonds is 5. The van der Waals surface area contributed by atoms with E-state index in [0.29, 0.717) is 24.0 Å². The van der Waals surface area contributed by atoms with Gasteiger partial charge in [-0.2, -0.15) is 0 Å². The van der Waals surface area contributed by atoms with Gasteiger partial charge in [-0.3, -0.25) is 10.7 Å². The highest BCUT2D eigenvalue weighted by atomic mass is 16.5. The van der Waals surface area contributed by atoms with Gasteiger partial charge in [-0.15, -0.1) is 10.2 Å². The molecule has 8 nitrogen and oxygen atoms in total. The molecule has 0 amide bonds. The van der Waals surface area contributed by atoms with E-state index in [1.54, 1.807) is 14.2 Å². The summed E-state index contributed by atoms with van der Waals surface area (Å²) in [4.78, 5) is 2.75. The zero-order valence-electron chi connectivity index (χ0n) is 11.2. The quantitative estimate of drug-likeness (QED) is 0.478. The summed E-state index contributed by atoms with van der Waals surface area (Å²) in [5.41, 5.74) is 0.835. The minimum absolute atomic E-state index is 0.0923. The molecule has 1 aromatic carbocycles. The molecule has 2 aromatic rings. The Morgan fingerprint density at radius 2 is 2.00 bits per heavy atom. The summed E-state index contributed by atoms with van der Waals surface area (Å²) >= 11 is 0. The molecule has 0 bridgehead atoms. The molecule has 0 fully saturated rings. The third kappa shape index (κ3) is 3.16. The van der Waals surface area contributed by atoms with E-state index in [4.69, 9.17) is 14.9 Å². The molecule has 0 saturated carbocycles. The number of H-pyrrole nitrogens is 1. The van der Waals surface area contributed by atoms with Crippen LogP contribution < -0.4 is 20.1 Å². The molecule has 0 aliphatic rings. The van der Waals surface area contributed by atoms with Crippen molar-refractivity contribution in [2.45, 2.75) is 6.54 Å². The van der Waals surface area contributed by atoms with Crippen LogP contribution in [-0.4, -0.2) is 35.4 Å². The largest absolute Gasteiger partial charge is 0.496 e. The van der Waals surface area contributed by atoms with Crippen LogP contribution in [0.5, 0.6) is 11.5 Å². The molecule has 4 N–H and O–H groups in total. The fraction of sp³-hybridized carbons (Fsp3) is 0.250. The van der Waals surface area contributed by atoms with Crippen LogP contribution in [0, 0.1) is 5.41 Å². The molecule has 106 valence electrons. The van der Waals surface area contributed by atoms with E-state index in [-0.39, 0.29) is 5.96 Å². The van der Waals surface area contributed by atoms with E-state index >= 15 is 0 Å². The minimum atomic E-state index is 0.0923. The fourth-order valence-electron chi connectivity index (χ4n) is 1.71. The third-order valence-corrected chi connectivity index (χ3v) is 2.63. The van der Waals surface area contributed by atoms with Crippen molar-refractivity contribution in [3.8, 4) is 11.5 Å². The Kier molecular flexibility index (Phi) is 4.38. The van der Waals surface area contributed by atoms with Gasteiger partial charge in [0.15, 0.2) is 5.96 Å². The second-order valence-corrected chi connectivity index (χ2v) is 3.83. The lowest BCUT2D eigenvalue weighted by molar-refractivity contribution is 0.384. The van der Waals surface area contributed by atoms with Crippen molar-refractivity contribution >= 4 is 11.9 Å². The number of anilines is 1. The number of aromatic amines is 1. The molecule has 20 heavy (non-hydrogen) atoms. The third-order valence-electron chi connectivity index (χ3n) is 2.63. The molecular weight excluding hydrogens is 260 g/mol. The highest BCUT2D eigenvalue weighted by Gasteiger charge is 2.10. The Balaban J connectivity index is 2.01. The van der Waals surface area contributed by atoms with Gasteiger partial charge < -0.3 is 19.8 Å². The van der Waals surface area contributed by atoms with Crippen LogP contribution in [0.2, 0.25) is 0 Å². The van der Waals surface area contributed by atoms with E-state index in [9.17, 15) is 0 Å². The maximum Gasteiger partial charge on any atom is 0.228 e. The molecule has 8 heteroatoms. The molecule has 0 aliphatic heterocycles. The Labute approximate surface area is 116 Å². The SMILES string of the molecule is COc1cccc(OC)c1CNC(=N)Nc1nnc[nH]1. The molecule has 1 heterocycles. The second-order valence-electron chi connectivity index (χ2n) is 3.83. The fourth-order valence-corrected chi connectivity index (χ4v) is 1.71. The topological polar surface area (TPSA) is 108 Å². The van der Waals surface area contributed by atoms with E-state index in [1.165, 1.54) is 6.33 Å². The first-order valence-corrected chi connectivity index (χ1v) is 5.90.